The fourth-order valence-corrected chi connectivity index (χ4v) is 1.79. The Kier molecular flexibility index (Phi) is 5.04. The Balaban J connectivity index is 2.31. The number of nitrogens with two attached hydrogens (primary N) is 1. The Labute approximate surface area is 95.7 Å². The average Bonchev–Trinajstić information content (AvgIpc) is 2.30. The first kappa shape index (κ1) is 12.8. The van der Waals surface area contributed by atoms with Crippen molar-refractivity contribution in [2.45, 2.75) is 19.8 Å². The van der Waals surface area contributed by atoms with E-state index in [1.54, 1.807) is 0 Å². The molecule has 0 radical (unpaired) electrons. The van der Waals surface area contributed by atoms with E-state index in [0.29, 0.717) is 13.0 Å². The smallest absolute Gasteiger partial charge is 0.222 e. The van der Waals surface area contributed by atoms with E-state index in [1.807, 2.05) is 11.8 Å². The van der Waals surface area contributed by atoms with Crippen molar-refractivity contribution in [1.29, 1.82) is 0 Å². The highest BCUT2D eigenvalue weighted by Gasteiger charge is 2.20. The van der Waals surface area contributed by atoms with E-state index in [-0.39, 0.29) is 11.7 Å². The van der Waals surface area contributed by atoms with E-state index >= 15 is 0 Å². The maximum Gasteiger partial charge on any atom is 0.222 e. The van der Waals surface area contributed by atoms with Gasteiger partial charge in [-0.2, -0.15) is 0 Å². The Morgan fingerprint density at radius 1 is 1.38 bits per heavy atom. The molecule has 6 heteroatoms. The third-order valence-electron chi connectivity index (χ3n) is 2.70. The highest BCUT2D eigenvalue weighted by Crippen LogP contribution is 2.04. The average molecular weight is 228 g/mol. The van der Waals surface area contributed by atoms with Crippen LogP contribution >= 0.6 is 0 Å². The number of amidine groups is 1. The molecule has 0 aromatic carbocycles. The van der Waals surface area contributed by atoms with Crippen LogP contribution in [0.1, 0.15) is 19.8 Å². The Bertz CT molecular complexity index is 260. The molecule has 0 aliphatic carbocycles. The number of hydrogen-bond acceptors (Lipinski definition) is 4. The molecule has 0 spiro atoms. The molecule has 3 N–H and O–H groups in total. The molecule has 1 heterocycles. The van der Waals surface area contributed by atoms with Gasteiger partial charge in [-0.05, 0) is 6.42 Å². The zero-order chi connectivity index (χ0) is 12.0. The second kappa shape index (κ2) is 6.32. The van der Waals surface area contributed by atoms with E-state index in [9.17, 15) is 4.79 Å². The van der Waals surface area contributed by atoms with E-state index < -0.39 is 0 Å². The van der Waals surface area contributed by atoms with Gasteiger partial charge in [0.05, 0.1) is 6.54 Å². The summed E-state index contributed by atoms with van der Waals surface area (Å²) in [6, 6.07) is 0. The first-order valence-corrected chi connectivity index (χ1v) is 5.64. The largest absolute Gasteiger partial charge is 0.409 e. The Morgan fingerprint density at radius 2 is 2.00 bits per heavy atom. The summed E-state index contributed by atoms with van der Waals surface area (Å²) in [5.74, 6) is 0.444. The summed E-state index contributed by atoms with van der Waals surface area (Å²) in [6.45, 7) is 5.51. The van der Waals surface area contributed by atoms with Crippen LogP contribution in [0.5, 0.6) is 0 Å². The first-order valence-electron chi connectivity index (χ1n) is 5.64. The SMILES string of the molecule is CCCC(=O)N1CCN(CC(N)=NO)CC1. The number of carbonyl (C=O) groups excluding carboxylic acids is 1. The van der Waals surface area contributed by atoms with Crippen LogP contribution < -0.4 is 5.73 Å². The molecule has 0 aromatic heterocycles. The van der Waals surface area contributed by atoms with Gasteiger partial charge in [0.1, 0.15) is 0 Å². The van der Waals surface area contributed by atoms with E-state index in [0.717, 1.165) is 32.6 Å². The molecule has 6 nitrogen and oxygen atoms in total. The molecular weight excluding hydrogens is 208 g/mol. The van der Waals surface area contributed by atoms with Crippen LogP contribution in [0.2, 0.25) is 0 Å². The van der Waals surface area contributed by atoms with Gasteiger partial charge in [0.15, 0.2) is 5.84 Å². The van der Waals surface area contributed by atoms with Crippen LogP contribution in [0.3, 0.4) is 0 Å². The maximum atomic E-state index is 11.6. The molecule has 0 unspecified atom stereocenters. The van der Waals surface area contributed by atoms with Crippen LogP contribution in [0.15, 0.2) is 5.16 Å². The predicted molar refractivity (Wildman–Crippen MR) is 61.3 cm³/mol. The molecule has 0 aromatic rings. The topological polar surface area (TPSA) is 82.2 Å². The fourth-order valence-electron chi connectivity index (χ4n) is 1.79. The number of oxime groups is 1. The minimum atomic E-state index is 0.216. The Morgan fingerprint density at radius 3 is 2.50 bits per heavy atom. The lowest BCUT2D eigenvalue weighted by molar-refractivity contribution is -0.132. The van der Waals surface area contributed by atoms with Crippen molar-refractivity contribution < 1.29 is 10.0 Å². The summed E-state index contributed by atoms with van der Waals surface area (Å²) in [5, 5.41) is 11.4. The van der Waals surface area contributed by atoms with Crippen LogP contribution in [0.4, 0.5) is 0 Å². The highest BCUT2D eigenvalue weighted by molar-refractivity contribution is 5.81. The summed E-state index contributed by atoms with van der Waals surface area (Å²) in [4.78, 5) is 15.6. The monoisotopic (exact) mass is 228 g/mol. The molecule has 1 rings (SSSR count). The van der Waals surface area contributed by atoms with Crippen molar-refractivity contribution >= 4 is 11.7 Å². The third-order valence-corrected chi connectivity index (χ3v) is 2.70. The second-order valence-corrected chi connectivity index (χ2v) is 4.00. The second-order valence-electron chi connectivity index (χ2n) is 4.00. The minimum Gasteiger partial charge on any atom is -0.409 e. The molecule has 1 aliphatic heterocycles. The van der Waals surface area contributed by atoms with Crippen molar-refractivity contribution in [3.63, 3.8) is 0 Å². The number of hydrogen-bond donors (Lipinski definition) is 2. The molecule has 92 valence electrons. The predicted octanol–water partition coefficient (Wildman–Crippen LogP) is -0.323. The van der Waals surface area contributed by atoms with Gasteiger partial charge in [0.2, 0.25) is 5.91 Å². The fraction of sp³-hybridized carbons (Fsp3) is 0.800. The van der Waals surface area contributed by atoms with Gasteiger partial charge in [-0.25, -0.2) is 0 Å². The van der Waals surface area contributed by atoms with Gasteiger partial charge in [-0.1, -0.05) is 12.1 Å². The van der Waals surface area contributed by atoms with Crippen LogP contribution in [0.25, 0.3) is 0 Å². The lowest BCUT2D eigenvalue weighted by Crippen LogP contribution is -2.50. The number of amides is 1. The van der Waals surface area contributed by atoms with E-state index in [1.165, 1.54) is 0 Å². The standard InChI is InChI=1S/C10H20N4O2/c1-2-3-10(15)14-6-4-13(5-7-14)8-9(11)12-16/h16H,2-8H2,1H3,(H2,11,12). The van der Waals surface area contributed by atoms with E-state index in [2.05, 4.69) is 10.1 Å². The molecule has 1 fully saturated rings. The van der Waals surface area contributed by atoms with Crippen molar-refractivity contribution in [2.24, 2.45) is 10.9 Å². The zero-order valence-corrected chi connectivity index (χ0v) is 9.72. The van der Waals surface area contributed by atoms with Crippen molar-refractivity contribution in [3.8, 4) is 0 Å². The van der Waals surface area contributed by atoms with Crippen LogP contribution in [-0.2, 0) is 4.79 Å². The molecule has 1 aliphatic rings. The number of carbonyl (C=O) groups is 1. The Hall–Kier alpha value is -1.30. The van der Waals surface area contributed by atoms with Gasteiger partial charge >= 0.3 is 0 Å². The number of nitrogens with zero attached hydrogens (tertiary/aromatic N) is 3. The third kappa shape index (κ3) is 3.69. The van der Waals surface area contributed by atoms with Gasteiger partial charge in [-0.3, -0.25) is 9.69 Å². The van der Waals surface area contributed by atoms with Gasteiger partial charge in [0, 0.05) is 32.6 Å². The number of piperazine rings is 1. The molecule has 0 atom stereocenters. The molecule has 0 bridgehead atoms. The summed E-state index contributed by atoms with van der Waals surface area (Å²) in [5.41, 5.74) is 5.42. The van der Waals surface area contributed by atoms with Crippen LogP contribution in [0, 0.1) is 0 Å². The molecule has 1 amide bonds. The van der Waals surface area contributed by atoms with Crippen LogP contribution in [-0.4, -0.2) is 59.5 Å². The van der Waals surface area contributed by atoms with Gasteiger partial charge < -0.3 is 15.8 Å². The number of rotatable bonds is 4. The van der Waals surface area contributed by atoms with Gasteiger partial charge in [-0.15, -0.1) is 0 Å². The summed E-state index contributed by atoms with van der Waals surface area (Å²) < 4.78 is 0. The molecule has 16 heavy (non-hydrogen) atoms. The lowest BCUT2D eigenvalue weighted by atomic mass is 10.2. The van der Waals surface area contributed by atoms with Gasteiger partial charge in [0.25, 0.3) is 0 Å². The van der Waals surface area contributed by atoms with E-state index in [4.69, 9.17) is 10.9 Å². The first-order chi connectivity index (χ1) is 7.67. The maximum absolute atomic E-state index is 11.6. The highest BCUT2D eigenvalue weighted by atomic mass is 16.4. The van der Waals surface area contributed by atoms with Crippen molar-refractivity contribution in [1.82, 2.24) is 9.80 Å². The minimum absolute atomic E-state index is 0.216. The summed E-state index contributed by atoms with van der Waals surface area (Å²) in [7, 11) is 0. The normalized spacial score (nSPS) is 18.8. The summed E-state index contributed by atoms with van der Waals surface area (Å²) >= 11 is 0. The van der Waals surface area contributed by atoms with Crippen molar-refractivity contribution in [3.05, 3.63) is 0 Å². The lowest BCUT2D eigenvalue weighted by Gasteiger charge is -2.34. The molecule has 1 saturated heterocycles. The zero-order valence-electron chi connectivity index (χ0n) is 9.72. The quantitative estimate of drug-likeness (QED) is 0.299. The van der Waals surface area contributed by atoms with Crippen molar-refractivity contribution in [2.75, 3.05) is 32.7 Å². The summed E-state index contributed by atoms with van der Waals surface area (Å²) in [6.07, 6.45) is 1.52. The molecular formula is C10H20N4O2. The molecule has 0 saturated carbocycles.